The van der Waals surface area contributed by atoms with E-state index >= 15 is 0 Å². The minimum Gasteiger partial charge on any atom is -0.493 e. The van der Waals surface area contributed by atoms with Gasteiger partial charge in [0, 0.05) is 24.2 Å². The molecule has 0 bridgehead atoms. The Hall–Kier alpha value is -3.33. The van der Waals surface area contributed by atoms with Crippen LogP contribution in [0, 0.1) is 0 Å². The second-order valence-electron chi connectivity index (χ2n) is 6.98. The van der Waals surface area contributed by atoms with Gasteiger partial charge in [0.05, 0.1) is 20.0 Å². The lowest BCUT2D eigenvalue weighted by Gasteiger charge is -2.10. The molecule has 1 amide bonds. The summed E-state index contributed by atoms with van der Waals surface area (Å²) in [5.74, 6) is 2.17. The average molecular weight is 455 g/mol. The second kappa shape index (κ2) is 10.8. The van der Waals surface area contributed by atoms with E-state index in [9.17, 15) is 9.59 Å². The number of amides is 1. The molecule has 0 atom stereocenters. The normalized spacial score (nSPS) is 10.6. The number of methoxy groups -OCH3 is 2. The molecule has 0 saturated heterocycles. The summed E-state index contributed by atoms with van der Waals surface area (Å²) in [5, 5.41) is 12.1. The minimum atomic E-state index is -0.155. The van der Waals surface area contributed by atoms with E-state index in [1.807, 2.05) is 29.7 Å². The van der Waals surface area contributed by atoms with Crippen LogP contribution >= 0.6 is 11.8 Å². The predicted octanol–water partition coefficient (Wildman–Crippen LogP) is 3.84. The number of Topliss-reactive ketones (excluding diaryl/α,β-unsaturated/α-hetero) is 1. The van der Waals surface area contributed by atoms with Crippen molar-refractivity contribution < 1.29 is 19.1 Å². The topological polar surface area (TPSA) is 95.3 Å². The molecule has 0 aliphatic rings. The zero-order valence-electron chi connectivity index (χ0n) is 18.5. The van der Waals surface area contributed by atoms with Gasteiger partial charge in [0.1, 0.15) is 5.82 Å². The first-order valence-electron chi connectivity index (χ1n) is 10.1. The molecule has 1 heterocycles. The summed E-state index contributed by atoms with van der Waals surface area (Å²) in [6.45, 7) is 4.21. The van der Waals surface area contributed by atoms with Gasteiger partial charge < -0.3 is 19.4 Å². The van der Waals surface area contributed by atoms with Crippen LogP contribution in [0.1, 0.15) is 35.6 Å². The fourth-order valence-corrected chi connectivity index (χ4v) is 3.98. The third-order valence-electron chi connectivity index (χ3n) is 4.83. The summed E-state index contributed by atoms with van der Waals surface area (Å²) >= 11 is 1.33. The van der Waals surface area contributed by atoms with Gasteiger partial charge in [-0.25, -0.2) is 0 Å². The molecule has 2 aromatic carbocycles. The van der Waals surface area contributed by atoms with Gasteiger partial charge >= 0.3 is 0 Å². The van der Waals surface area contributed by atoms with E-state index in [1.54, 1.807) is 38.5 Å². The standard InChI is InChI=1S/C23H26N4O4S/c1-5-27-21(13-16-6-11-19(30-3)20(12-16)31-4)25-26-23(27)32-14-22(29)24-18-9-7-17(8-10-18)15(2)28/h6-12H,5,13-14H2,1-4H3,(H,24,29). The van der Waals surface area contributed by atoms with E-state index in [1.165, 1.54) is 18.7 Å². The van der Waals surface area contributed by atoms with E-state index in [0.717, 1.165) is 11.4 Å². The van der Waals surface area contributed by atoms with Crippen molar-refractivity contribution in [3.63, 3.8) is 0 Å². The van der Waals surface area contributed by atoms with Crippen LogP contribution in [0.3, 0.4) is 0 Å². The number of nitrogens with zero attached hydrogens (tertiary/aromatic N) is 3. The summed E-state index contributed by atoms with van der Waals surface area (Å²) in [4.78, 5) is 23.7. The van der Waals surface area contributed by atoms with E-state index in [-0.39, 0.29) is 17.4 Å². The molecule has 0 radical (unpaired) electrons. The third-order valence-corrected chi connectivity index (χ3v) is 5.79. The molecule has 0 fully saturated rings. The number of rotatable bonds is 10. The molecule has 168 valence electrons. The number of anilines is 1. The van der Waals surface area contributed by atoms with Crippen LogP contribution in [0.15, 0.2) is 47.6 Å². The highest BCUT2D eigenvalue weighted by Crippen LogP contribution is 2.28. The van der Waals surface area contributed by atoms with Crippen molar-refractivity contribution in [2.75, 3.05) is 25.3 Å². The lowest BCUT2D eigenvalue weighted by molar-refractivity contribution is -0.113. The maximum atomic E-state index is 12.4. The summed E-state index contributed by atoms with van der Waals surface area (Å²) < 4.78 is 12.7. The Kier molecular flexibility index (Phi) is 7.88. The molecule has 0 saturated carbocycles. The number of hydrogen-bond donors (Lipinski definition) is 1. The van der Waals surface area contributed by atoms with Gasteiger partial charge in [-0.05, 0) is 55.8 Å². The van der Waals surface area contributed by atoms with Crippen molar-refractivity contribution in [2.24, 2.45) is 0 Å². The molecule has 32 heavy (non-hydrogen) atoms. The van der Waals surface area contributed by atoms with Gasteiger partial charge in [-0.2, -0.15) is 0 Å². The monoisotopic (exact) mass is 454 g/mol. The Morgan fingerprint density at radius 1 is 1.03 bits per heavy atom. The number of hydrogen-bond acceptors (Lipinski definition) is 7. The van der Waals surface area contributed by atoms with Gasteiger partial charge in [0.2, 0.25) is 5.91 Å². The van der Waals surface area contributed by atoms with Crippen molar-refractivity contribution >= 4 is 29.1 Å². The lowest BCUT2D eigenvalue weighted by Crippen LogP contribution is -2.15. The minimum absolute atomic E-state index is 0.0128. The Morgan fingerprint density at radius 3 is 2.38 bits per heavy atom. The molecule has 0 aliphatic carbocycles. The highest BCUT2D eigenvalue weighted by Gasteiger charge is 2.15. The summed E-state index contributed by atoms with van der Waals surface area (Å²) in [6, 6.07) is 12.6. The van der Waals surface area contributed by atoms with Crippen molar-refractivity contribution in [1.29, 1.82) is 0 Å². The van der Waals surface area contributed by atoms with Crippen LogP contribution in [0.5, 0.6) is 11.5 Å². The number of benzene rings is 2. The summed E-state index contributed by atoms with van der Waals surface area (Å²) in [7, 11) is 3.21. The van der Waals surface area contributed by atoms with Crippen LogP contribution in [0.2, 0.25) is 0 Å². The molecule has 0 spiro atoms. The van der Waals surface area contributed by atoms with Gasteiger partial charge in [0.15, 0.2) is 22.4 Å². The maximum absolute atomic E-state index is 12.4. The van der Waals surface area contributed by atoms with Crippen LogP contribution < -0.4 is 14.8 Å². The highest BCUT2D eigenvalue weighted by molar-refractivity contribution is 7.99. The van der Waals surface area contributed by atoms with E-state index in [0.29, 0.717) is 40.9 Å². The van der Waals surface area contributed by atoms with Gasteiger partial charge in [-0.3, -0.25) is 9.59 Å². The molecule has 9 heteroatoms. The first-order chi connectivity index (χ1) is 15.4. The molecular weight excluding hydrogens is 428 g/mol. The first-order valence-corrected chi connectivity index (χ1v) is 11.1. The Labute approximate surface area is 191 Å². The number of carbonyl (C=O) groups is 2. The van der Waals surface area contributed by atoms with E-state index < -0.39 is 0 Å². The highest BCUT2D eigenvalue weighted by atomic mass is 32.2. The second-order valence-corrected chi connectivity index (χ2v) is 7.92. The van der Waals surface area contributed by atoms with Gasteiger partial charge in [0.25, 0.3) is 0 Å². The molecule has 8 nitrogen and oxygen atoms in total. The summed E-state index contributed by atoms with van der Waals surface area (Å²) in [6.07, 6.45) is 0.580. The number of ether oxygens (including phenoxy) is 2. The van der Waals surface area contributed by atoms with Crippen molar-refractivity contribution in [2.45, 2.75) is 32.0 Å². The molecular formula is C23H26N4O4S. The zero-order valence-corrected chi connectivity index (χ0v) is 19.4. The molecule has 3 aromatic rings. The van der Waals surface area contributed by atoms with Crippen molar-refractivity contribution in [3.8, 4) is 11.5 Å². The van der Waals surface area contributed by atoms with Gasteiger partial charge in [-0.1, -0.05) is 17.8 Å². The third kappa shape index (κ3) is 5.67. The van der Waals surface area contributed by atoms with Crippen LogP contribution in [-0.4, -0.2) is 46.4 Å². The maximum Gasteiger partial charge on any atom is 0.234 e. The SMILES string of the molecule is CCn1c(Cc2ccc(OC)c(OC)c2)nnc1SCC(=O)Nc1ccc(C(C)=O)cc1. The quantitative estimate of drug-likeness (QED) is 0.367. The Balaban J connectivity index is 1.63. The van der Waals surface area contributed by atoms with Crippen LogP contribution in [0.25, 0.3) is 0 Å². The van der Waals surface area contributed by atoms with Crippen LogP contribution in [0.4, 0.5) is 5.69 Å². The smallest absolute Gasteiger partial charge is 0.234 e. The molecule has 0 aliphatic heterocycles. The first kappa shape index (κ1) is 23.3. The van der Waals surface area contributed by atoms with Gasteiger partial charge in [-0.15, -0.1) is 10.2 Å². The number of aromatic nitrogens is 3. The fourth-order valence-electron chi connectivity index (χ4n) is 3.16. The fraction of sp³-hybridized carbons (Fsp3) is 0.304. The van der Waals surface area contributed by atoms with E-state index in [2.05, 4.69) is 15.5 Å². The number of ketones is 1. The Morgan fingerprint density at radius 2 is 1.75 bits per heavy atom. The average Bonchev–Trinajstić information content (AvgIpc) is 3.19. The van der Waals surface area contributed by atoms with Crippen LogP contribution in [-0.2, 0) is 17.8 Å². The number of thioether (sulfide) groups is 1. The summed E-state index contributed by atoms with van der Waals surface area (Å²) in [5.41, 5.74) is 2.27. The lowest BCUT2D eigenvalue weighted by atomic mass is 10.1. The van der Waals surface area contributed by atoms with Crippen molar-refractivity contribution in [3.05, 3.63) is 59.4 Å². The molecule has 1 aromatic heterocycles. The zero-order chi connectivity index (χ0) is 23.1. The molecule has 0 unspecified atom stereocenters. The molecule has 1 N–H and O–H groups in total. The van der Waals surface area contributed by atoms with E-state index in [4.69, 9.17) is 9.47 Å². The number of carbonyl (C=O) groups excluding carboxylic acids is 2. The molecule has 3 rings (SSSR count). The number of nitrogens with one attached hydrogen (secondary N) is 1. The van der Waals surface area contributed by atoms with Crippen molar-refractivity contribution in [1.82, 2.24) is 14.8 Å². The largest absolute Gasteiger partial charge is 0.493 e. The predicted molar refractivity (Wildman–Crippen MR) is 124 cm³/mol. The Bertz CT molecular complexity index is 1100.